The normalized spacial score (nSPS) is 14.3. The summed E-state index contributed by atoms with van der Waals surface area (Å²) in [5, 5.41) is 0. The van der Waals surface area contributed by atoms with Crippen LogP contribution in [0, 0.1) is 6.92 Å². The summed E-state index contributed by atoms with van der Waals surface area (Å²) in [6.45, 7) is 9.20. The van der Waals surface area contributed by atoms with Crippen LogP contribution in [0.5, 0.6) is 0 Å². The number of nitrogens with zero attached hydrogens (tertiary/aromatic N) is 2. The number of hydrogen-bond acceptors (Lipinski definition) is 4. The zero-order chi connectivity index (χ0) is 14.9. The monoisotopic (exact) mass is 278 g/mol. The van der Waals surface area contributed by atoms with Gasteiger partial charge in [-0.1, -0.05) is 0 Å². The van der Waals surface area contributed by atoms with Gasteiger partial charge in [-0.2, -0.15) is 0 Å². The lowest BCUT2D eigenvalue weighted by molar-refractivity contribution is 0.0240. The number of ether oxygens (including phenoxy) is 2. The molecule has 0 atom stereocenters. The Kier molecular flexibility index (Phi) is 3.99. The number of carbonyl (C=O) groups excluding carboxylic acids is 1. The number of rotatable bonds is 2. The third-order valence-electron chi connectivity index (χ3n) is 3.12. The Balaban J connectivity index is 2.14. The molecule has 5 nitrogen and oxygen atoms in total. The van der Waals surface area contributed by atoms with Crippen molar-refractivity contribution in [3.8, 4) is 0 Å². The van der Waals surface area contributed by atoms with Crippen LogP contribution in [0.15, 0.2) is 6.07 Å². The van der Waals surface area contributed by atoms with E-state index in [0.717, 1.165) is 22.5 Å². The van der Waals surface area contributed by atoms with E-state index in [0.29, 0.717) is 19.7 Å². The zero-order valence-corrected chi connectivity index (χ0v) is 12.8. The molecule has 1 aromatic heterocycles. The summed E-state index contributed by atoms with van der Waals surface area (Å²) in [6, 6.07) is 2.01. The fourth-order valence-electron chi connectivity index (χ4n) is 2.29. The van der Waals surface area contributed by atoms with Crippen LogP contribution >= 0.6 is 0 Å². The standard InChI is InChI=1S/C15H22N2O3/c1-10-6-11(9-19-5)16-13-8-17(7-12(10)13)14(18)20-15(2,3)4/h6H,7-9H2,1-5H3. The summed E-state index contributed by atoms with van der Waals surface area (Å²) in [7, 11) is 1.65. The van der Waals surface area contributed by atoms with Gasteiger partial charge in [-0.25, -0.2) is 4.79 Å². The third-order valence-corrected chi connectivity index (χ3v) is 3.12. The molecule has 0 N–H and O–H groups in total. The van der Waals surface area contributed by atoms with E-state index in [9.17, 15) is 4.79 Å². The van der Waals surface area contributed by atoms with Crippen molar-refractivity contribution in [3.05, 3.63) is 28.6 Å². The van der Waals surface area contributed by atoms with Gasteiger partial charge < -0.3 is 9.47 Å². The molecule has 0 saturated carbocycles. The minimum Gasteiger partial charge on any atom is -0.444 e. The Morgan fingerprint density at radius 3 is 2.70 bits per heavy atom. The summed E-state index contributed by atoms with van der Waals surface area (Å²) in [4.78, 5) is 18.3. The predicted octanol–water partition coefficient (Wildman–Crippen LogP) is 2.79. The largest absolute Gasteiger partial charge is 0.444 e. The summed E-state index contributed by atoms with van der Waals surface area (Å²) in [6.07, 6.45) is -0.289. The average Bonchev–Trinajstić information content (AvgIpc) is 2.71. The first kappa shape index (κ1) is 14.8. The highest BCUT2D eigenvalue weighted by molar-refractivity contribution is 5.69. The number of carbonyl (C=O) groups is 1. The van der Waals surface area contributed by atoms with Gasteiger partial charge in [-0.3, -0.25) is 9.88 Å². The fraction of sp³-hybridized carbons (Fsp3) is 0.600. The molecule has 0 aliphatic carbocycles. The van der Waals surface area contributed by atoms with E-state index in [1.165, 1.54) is 0 Å². The molecule has 0 fully saturated rings. The van der Waals surface area contributed by atoms with Crippen molar-refractivity contribution in [2.45, 2.75) is 53.0 Å². The number of hydrogen-bond donors (Lipinski definition) is 0. The van der Waals surface area contributed by atoms with Crippen molar-refractivity contribution in [2.24, 2.45) is 0 Å². The summed E-state index contributed by atoms with van der Waals surface area (Å²) < 4.78 is 10.5. The Morgan fingerprint density at radius 2 is 2.10 bits per heavy atom. The van der Waals surface area contributed by atoms with Gasteiger partial charge in [-0.05, 0) is 44.9 Å². The molecule has 1 aromatic rings. The highest BCUT2D eigenvalue weighted by atomic mass is 16.6. The molecule has 5 heteroatoms. The van der Waals surface area contributed by atoms with Crippen molar-refractivity contribution in [1.82, 2.24) is 9.88 Å². The molecule has 0 bridgehead atoms. The van der Waals surface area contributed by atoms with Crippen LogP contribution in [0.1, 0.15) is 43.3 Å². The van der Waals surface area contributed by atoms with Crippen LogP contribution in [0.3, 0.4) is 0 Å². The maximum atomic E-state index is 12.1. The molecule has 0 aromatic carbocycles. The number of methoxy groups -OCH3 is 1. The first-order valence-corrected chi connectivity index (χ1v) is 6.75. The molecular formula is C15H22N2O3. The summed E-state index contributed by atoms with van der Waals surface area (Å²) in [5.74, 6) is 0. The molecule has 0 saturated heterocycles. The molecule has 0 spiro atoms. The second-order valence-corrected chi connectivity index (χ2v) is 6.13. The SMILES string of the molecule is COCc1cc(C)c2c(n1)CN(C(=O)OC(C)(C)C)C2. The van der Waals surface area contributed by atoms with Crippen LogP contribution in [0.2, 0.25) is 0 Å². The van der Waals surface area contributed by atoms with Gasteiger partial charge in [0.25, 0.3) is 0 Å². The van der Waals surface area contributed by atoms with Crippen LogP contribution in [0.25, 0.3) is 0 Å². The second-order valence-electron chi connectivity index (χ2n) is 6.13. The van der Waals surface area contributed by atoms with E-state index in [1.807, 2.05) is 33.8 Å². The van der Waals surface area contributed by atoms with Gasteiger partial charge in [0.2, 0.25) is 0 Å². The van der Waals surface area contributed by atoms with Gasteiger partial charge >= 0.3 is 6.09 Å². The molecule has 0 unspecified atom stereocenters. The van der Waals surface area contributed by atoms with Gasteiger partial charge in [0.05, 0.1) is 31.1 Å². The van der Waals surface area contributed by atoms with Crippen molar-refractivity contribution < 1.29 is 14.3 Å². The first-order valence-electron chi connectivity index (χ1n) is 6.75. The Bertz CT molecular complexity index is 521. The zero-order valence-electron chi connectivity index (χ0n) is 12.8. The Labute approximate surface area is 119 Å². The number of fused-ring (bicyclic) bond motifs is 1. The van der Waals surface area contributed by atoms with Crippen LogP contribution in [-0.4, -0.2) is 28.7 Å². The average molecular weight is 278 g/mol. The van der Waals surface area contributed by atoms with E-state index in [2.05, 4.69) is 4.98 Å². The van der Waals surface area contributed by atoms with Crippen LogP contribution in [-0.2, 0) is 29.2 Å². The number of aromatic nitrogens is 1. The molecule has 0 radical (unpaired) electrons. The number of amides is 1. The number of pyridine rings is 1. The second kappa shape index (κ2) is 5.40. The molecular weight excluding hydrogens is 256 g/mol. The first-order chi connectivity index (χ1) is 9.30. The molecule has 20 heavy (non-hydrogen) atoms. The van der Waals surface area contributed by atoms with E-state index in [-0.39, 0.29) is 6.09 Å². The molecule has 2 heterocycles. The highest BCUT2D eigenvalue weighted by Crippen LogP contribution is 2.26. The minimum absolute atomic E-state index is 0.289. The van der Waals surface area contributed by atoms with Crippen molar-refractivity contribution in [1.29, 1.82) is 0 Å². The summed E-state index contributed by atoms with van der Waals surface area (Å²) in [5.41, 5.74) is 3.64. The fourth-order valence-corrected chi connectivity index (χ4v) is 2.29. The molecule has 1 amide bonds. The lowest BCUT2D eigenvalue weighted by Crippen LogP contribution is -2.33. The lowest BCUT2D eigenvalue weighted by Gasteiger charge is -2.24. The smallest absolute Gasteiger partial charge is 0.410 e. The van der Waals surface area contributed by atoms with Crippen molar-refractivity contribution in [2.75, 3.05) is 7.11 Å². The van der Waals surface area contributed by atoms with E-state index in [4.69, 9.17) is 9.47 Å². The number of aryl methyl sites for hydroxylation is 1. The molecule has 1 aliphatic rings. The topological polar surface area (TPSA) is 51.7 Å². The van der Waals surface area contributed by atoms with E-state index < -0.39 is 5.60 Å². The molecule has 1 aliphatic heterocycles. The minimum atomic E-state index is -0.477. The van der Waals surface area contributed by atoms with E-state index in [1.54, 1.807) is 12.0 Å². The maximum absolute atomic E-state index is 12.1. The van der Waals surface area contributed by atoms with Crippen molar-refractivity contribution in [3.63, 3.8) is 0 Å². The third kappa shape index (κ3) is 3.28. The Hall–Kier alpha value is -1.62. The highest BCUT2D eigenvalue weighted by Gasteiger charge is 2.29. The molecule has 110 valence electrons. The lowest BCUT2D eigenvalue weighted by atomic mass is 10.1. The van der Waals surface area contributed by atoms with Gasteiger partial charge in [0, 0.05) is 7.11 Å². The van der Waals surface area contributed by atoms with Crippen LogP contribution in [0.4, 0.5) is 4.79 Å². The van der Waals surface area contributed by atoms with Gasteiger partial charge in [0.15, 0.2) is 0 Å². The maximum Gasteiger partial charge on any atom is 0.410 e. The van der Waals surface area contributed by atoms with Gasteiger partial charge in [0.1, 0.15) is 5.60 Å². The quantitative estimate of drug-likeness (QED) is 0.834. The summed E-state index contributed by atoms with van der Waals surface area (Å²) >= 11 is 0. The predicted molar refractivity (Wildman–Crippen MR) is 75.2 cm³/mol. The van der Waals surface area contributed by atoms with Gasteiger partial charge in [-0.15, -0.1) is 0 Å². The van der Waals surface area contributed by atoms with Crippen LogP contribution < -0.4 is 0 Å². The Morgan fingerprint density at radius 1 is 1.40 bits per heavy atom. The molecule has 2 rings (SSSR count). The van der Waals surface area contributed by atoms with Crippen molar-refractivity contribution >= 4 is 6.09 Å². The van der Waals surface area contributed by atoms with E-state index >= 15 is 0 Å².